The fraction of sp³-hybridized carbons (Fsp3) is 0.333. The number of hydrogen-bond donors (Lipinski definition) is 1. The van der Waals surface area contributed by atoms with Gasteiger partial charge in [0.25, 0.3) is 0 Å². The lowest BCUT2D eigenvalue weighted by Gasteiger charge is -2.35. The van der Waals surface area contributed by atoms with E-state index in [0.29, 0.717) is 12.1 Å². The fourth-order valence-corrected chi connectivity index (χ4v) is 13.6. The molecule has 1 unspecified atom stereocenters. The zero-order valence-corrected chi connectivity index (χ0v) is 30.8. The third kappa shape index (κ3) is 9.01. The van der Waals surface area contributed by atoms with Gasteiger partial charge < -0.3 is 4.89 Å². The molecule has 246 valence electrons. The molecule has 4 aromatic carbocycles. The van der Waals surface area contributed by atoms with Crippen LogP contribution in [0.15, 0.2) is 121 Å². The van der Waals surface area contributed by atoms with E-state index in [0.717, 1.165) is 5.00 Å². The molecule has 10 heteroatoms. The monoisotopic (exact) mass is 676 g/mol. The molecule has 0 aromatic heterocycles. The first-order chi connectivity index (χ1) is 22.0. The number of hydrogen-bond acceptors (Lipinski definition) is 5. The van der Waals surface area contributed by atoms with Crippen LogP contribution >= 0.6 is 7.75 Å². The number of nitrogens with zero attached hydrogens (tertiary/aromatic N) is 2. The molecule has 0 aliphatic heterocycles. The van der Waals surface area contributed by atoms with Gasteiger partial charge in [0.2, 0.25) is 0 Å². The molecule has 0 saturated heterocycles. The van der Waals surface area contributed by atoms with Crippen molar-refractivity contribution < 1.29 is 23.8 Å². The predicted molar refractivity (Wildman–Crippen MR) is 194 cm³/mol. The largest absolute Gasteiger partial charge is 0.470 e. The summed E-state index contributed by atoms with van der Waals surface area (Å²) in [6.07, 6.45) is 0. The standard InChI is InChI=1S/C36H49N2O5PSi2/c1-31(2)37(32(3)4)43-44(39,40)38(41-27-29-45(5,33-19-11-7-12-20-33)34-21-13-8-14-22-34)42-28-30-46(6,35-23-15-9-16-24-35)36-25-17-10-18-26-36/h7-26,31-32H,27-30H2,1-6H3,(H,39,40). The van der Waals surface area contributed by atoms with Crippen LogP contribution in [0.2, 0.25) is 25.2 Å². The first-order valence-corrected chi connectivity index (χ1v) is 23.0. The Labute approximate surface area is 277 Å². The highest BCUT2D eigenvalue weighted by molar-refractivity contribution is 7.49. The summed E-state index contributed by atoms with van der Waals surface area (Å²) in [6, 6.07) is 42.9. The van der Waals surface area contributed by atoms with Gasteiger partial charge in [0.15, 0.2) is 0 Å². The molecule has 4 aromatic rings. The van der Waals surface area contributed by atoms with Gasteiger partial charge in [-0.3, -0.25) is 9.68 Å². The van der Waals surface area contributed by atoms with Crippen LogP contribution in [0.25, 0.3) is 0 Å². The second-order valence-electron chi connectivity index (χ2n) is 12.7. The minimum atomic E-state index is -4.57. The summed E-state index contributed by atoms with van der Waals surface area (Å²) in [5, 5.41) is 6.57. The van der Waals surface area contributed by atoms with Crippen molar-refractivity contribution in [3.8, 4) is 0 Å². The smallest absolute Gasteiger partial charge is 0.308 e. The molecule has 4 rings (SSSR count). The Morgan fingerprint density at radius 3 is 1.13 bits per heavy atom. The third-order valence-electron chi connectivity index (χ3n) is 8.68. The minimum Gasteiger partial charge on any atom is -0.308 e. The molecule has 0 amide bonds. The van der Waals surface area contributed by atoms with Crippen LogP contribution in [0.1, 0.15) is 27.7 Å². The molecule has 1 atom stereocenters. The second-order valence-corrected chi connectivity index (χ2v) is 22.8. The first kappa shape index (κ1) is 36.1. The maximum absolute atomic E-state index is 13.9. The lowest BCUT2D eigenvalue weighted by Crippen LogP contribution is -2.56. The Morgan fingerprint density at radius 1 is 0.587 bits per heavy atom. The zero-order valence-electron chi connectivity index (χ0n) is 28.0. The van der Waals surface area contributed by atoms with E-state index in [1.165, 1.54) is 25.8 Å². The zero-order chi connectivity index (χ0) is 33.2. The van der Waals surface area contributed by atoms with Crippen LogP contribution in [-0.4, -0.2) is 56.4 Å². The molecule has 0 fully saturated rings. The summed E-state index contributed by atoms with van der Waals surface area (Å²) in [6.45, 7) is 12.6. The number of benzene rings is 4. The van der Waals surface area contributed by atoms with E-state index in [2.05, 4.69) is 110 Å². The summed E-state index contributed by atoms with van der Waals surface area (Å²) in [4.78, 5) is 24.4. The van der Waals surface area contributed by atoms with Crippen molar-refractivity contribution in [2.24, 2.45) is 0 Å². The van der Waals surface area contributed by atoms with E-state index in [-0.39, 0.29) is 25.3 Å². The average Bonchev–Trinajstić information content (AvgIpc) is 3.07. The van der Waals surface area contributed by atoms with Crippen LogP contribution in [0.4, 0.5) is 0 Å². The van der Waals surface area contributed by atoms with Gasteiger partial charge in [-0.15, -0.1) is 0 Å². The molecule has 0 aliphatic rings. The van der Waals surface area contributed by atoms with E-state index in [1.54, 1.807) is 0 Å². The lowest BCUT2D eigenvalue weighted by atomic mass is 10.3. The first-order valence-electron chi connectivity index (χ1n) is 16.1. The highest BCUT2D eigenvalue weighted by Crippen LogP contribution is 2.48. The Hall–Kier alpha value is -2.70. The topological polar surface area (TPSA) is 71.5 Å². The van der Waals surface area contributed by atoms with Gasteiger partial charge in [-0.25, -0.2) is 9.19 Å². The maximum atomic E-state index is 13.9. The van der Waals surface area contributed by atoms with Gasteiger partial charge in [-0.2, -0.15) is 5.06 Å². The summed E-state index contributed by atoms with van der Waals surface area (Å²) >= 11 is 0. The van der Waals surface area contributed by atoms with E-state index >= 15 is 0 Å². The summed E-state index contributed by atoms with van der Waals surface area (Å²) < 4.78 is 19.7. The molecule has 0 aliphatic carbocycles. The fourth-order valence-electron chi connectivity index (χ4n) is 5.91. The Bertz CT molecular complexity index is 1330. The molecule has 7 nitrogen and oxygen atoms in total. The average molecular weight is 677 g/mol. The SMILES string of the molecule is CC(C)N(OP(=O)(O)N(OCC[Si](C)(c1ccccc1)c1ccccc1)OCC[Si](C)(c1ccccc1)c1ccccc1)C(C)C. The van der Waals surface area contributed by atoms with Gasteiger partial charge >= 0.3 is 7.75 Å². The second kappa shape index (κ2) is 16.4. The highest BCUT2D eigenvalue weighted by Gasteiger charge is 2.40. The van der Waals surface area contributed by atoms with Crippen LogP contribution in [0.3, 0.4) is 0 Å². The van der Waals surface area contributed by atoms with E-state index in [4.69, 9.17) is 14.3 Å². The molecule has 0 saturated carbocycles. The highest BCUT2D eigenvalue weighted by atomic mass is 31.2. The Morgan fingerprint density at radius 2 is 0.870 bits per heavy atom. The quantitative estimate of drug-likeness (QED) is 0.0825. The van der Waals surface area contributed by atoms with Crippen molar-refractivity contribution >= 4 is 44.6 Å². The molecule has 0 spiro atoms. The summed E-state index contributed by atoms with van der Waals surface area (Å²) in [7, 11) is -9.11. The minimum absolute atomic E-state index is 0.138. The Balaban J connectivity index is 1.58. The van der Waals surface area contributed by atoms with Gasteiger partial charge in [0.1, 0.15) is 16.1 Å². The van der Waals surface area contributed by atoms with Crippen LogP contribution < -0.4 is 20.7 Å². The van der Waals surface area contributed by atoms with Crippen LogP contribution in [0.5, 0.6) is 0 Å². The number of hydroxylamine groups is 2. The lowest BCUT2D eigenvalue weighted by molar-refractivity contribution is -0.320. The predicted octanol–water partition coefficient (Wildman–Crippen LogP) is 6.09. The molecule has 1 N–H and O–H groups in total. The molecular weight excluding hydrogens is 628 g/mol. The summed E-state index contributed by atoms with van der Waals surface area (Å²) in [5.41, 5.74) is 0. The third-order valence-corrected chi connectivity index (χ3v) is 18.6. The van der Waals surface area contributed by atoms with Crippen LogP contribution in [-0.2, 0) is 18.9 Å². The Kier molecular flexibility index (Phi) is 12.9. The molecule has 0 bridgehead atoms. The molecule has 0 radical (unpaired) electrons. The van der Waals surface area contributed by atoms with Crippen molar-refractivity contribution in [2.45, 2.75) is 65.0 Å². The van der Waals surface area contributed by atoms with Crippen molar-refractivity contribution in [1.82, 2.24) is 10.1 Å². The van der Waals surface area contributed by atoms with E-state index in [1.807, 2.05) is 52.0 Å². The summed E-state index contributed by atoms with van der Waals surface area (Å²) in [5.74, 6) is 0. The van der Waals surface area contributed by atoms with E-state index in [9.17, 15) is 9.46 Å². The van der Waals surface area contributed by atoms with Crippen molar-refractivity contribution in [2.75, 3.05) is 13.2 Å². The van der Waals surface area contributed by atoms with Gasteiger partial charge in [-0.05, 0) is 39.8 Å². The van der Waals surface area contributed by atoms with E-state index < -0.39 is 23.9 Å². The normalized spacial score (nSPS) is 13.9. The van der Waals surface area contributed by atoms with Gasteiger partial charge in [0.05, 0.1) is 13.2 Å². The van der Waals surface area contributed by atoms with Crippen molar-refractivity contribution in [3.63, 3.8) is 0 Å². The molecule has 46 heavy (non-hydrogen) atoms. The van der Waals surface area contributed by atoms with Crippen molar-refractivity contribution in [1.29, 1.82) is 0 Å². The van der Waals surface area contributed by atoms with Gasteiger partial charge in [-0.1, -0.05) is 155 Å². The molecule has 0 heterocycles. The van der Waals surface area contributed by atoms with Crippen LogP contribution in [0, 0.1) is 0 Å². The maximum Gasteiger partial charge on any atom is 0.470 e. The van der Waals surface area contributed by atoms with Crippen molar-refractivity contribution in [3.05, 3.63) is 121 Å². The molecular formula is C36H49N2O5PSi2. The van der Waals surface area contributed by atoms with Gasteiger partial charge in [0, 0.05) is 17.1 Å². The number of rotatable bonds is 17.